The molecule has 0 aromatic heterocycles. The maximum Gasteiger partial charge on any atom is 0.339 e. The minimum atomic E-state index is -1.37. The van der Waals surface area contributed by atoms with Gasteiger partial charge in [-0.25, -0.2) is 4.79 Å². The van der Waals surface area contributed by atoms with Gasteiger partial charge in [-0.2, -0.15) is 0 Å². The Kier molecular flexibility index (Phi) is 4.23. The number of hydrogen-bond donors (Lipinski definition) is 1. The molecule has 0 radical (unpaired) electrons. The molecule has 7 heteroatoms. The number of nitrogens with zero attached hydrogens (tertiary/aromatic N) is 2. The van der Waals surface area contributed by atoms with E-state index in [1.807, 2.05) is 0 Å². The molecule has 1 aliphatic rings. The second-order valence-electron chi connectivity index (χ2n) is 4.75. The number of amides is 2. The number of esters is 1. The van der Waals surface area contributed by atoms with Crippen molar-refractivity contribution in [1.82, 2.24) is 4.90 Å². The van der Waals surface area contributed by atoms with Crippen LogP contribution in [0.2, 0.25) is 0 Å². The van der Waals surface area contributed by atoms with Crippen molar-refractivity contribution in [3.63, 3.8) is 0 Å². The predicted molar refractivity (Wildman–Crippen MR) is 73.4 cm³/mol. The second kappa shape index (κ2) is 5.92. The van der Waals surface area contributed by atoms with Crippen LogP contribution in [-0.2, 0) is 19.1 Å². The topological polar surface area (TPSA) is 87.2 Å². The van der Waals surface area contributed by atoms with Crippen molar-refractivity contribution in [1.29, 1.82) is 0 Å². The Balaban J connectivity index is 2.17. The third kappa shape index (κ3) is 3.03. The van der Waals surface area contributed by atoms with E-state index in [0.717, 1.165) is 0 Å². The van der Waals surface area contributed by atoms with Gasteiger partial charge >= 0.3 is 5.97 Å². The van der Waals surface area contributed by atoms with E-state index in [0.29, 0.717) is 11.3 Å². The third-order valence-electron chi connectivity index (χ3n) is 3.34. The van der Waals surface area contributed by atoms with Crippen molar-refractivity contribution in [3.8, 4) is 0 Å². The zero-order valence-electron chi connectivity index (χ0n) is 11.8. The van der Waals surface area contributed by atoms with Gasteiger partial charge in [-0.1, -0.05) is 12.1 Å². The molecule has 1 aromatic rings. The fraction of sp³-hybridized carbons (Fsp3) is 0.357. The number of methoxy groups -OCH3 is 1. The van der Waals surface area contributed by atoms with Crippen molar-refractivity contribution in [2.75, 3.05) is 32.1 Å². The first-order chi connectivity index (χ1) is 9.93. The van der Waals surface area contributed by atoms with Crippen LogP contribution in [0.1, 0.15) is 11.7 Å². The molecule has 0 spiro atoms. The van der Waals surface area contributed by atoms with Gasteiger partial charge in [-0.3, -0.25) is 9.59 Å². The largest absolute Gasteiger partial charge is 0.467 e. The van der Waals surface area contributed by atoms with Crippen molar-refractivity contribution < 1.29 is 24.2 Å². The summed E-state index contributed by atoms with van der Waals surface area (Å²) in [6.45, 7) is 0.0135. The van der Waals surface area contributed by atoms with Gasteiger partial charge in [-0.05, 0) is 17.7 Å². The van der Waals surface area contributed by atoms with Gasteiger partial charge in [0.25, 0.3) is 0 Å². The molecule has 0 aliphatic carbocycles. The summed E-state index contributed by atoms with van der Waals surface area (Å²) in [4.78, 5) is 37.6. The summed E-state index contributed by atoms with van der Waals surface area (Å²) in [6, 6.07) is 6.20. The summed E-state index contributed by atoms with van der Waals surface area (Å²) < 4.78 is 4.45. The second-order valence-corrected chi connectivity index (χ2v) is 4.75. The lowest BCUT2D eigenvalue weighted by Crippen LogP contribution is -2.52. The average Bonchev–Trinajstić information content (AvgIpc) is 2.49. The molecule has 7 nitrogen and oxygen atoms in total. The quantitative estimate of drug-likeness (QED) is 0.773. The van der Waals surface area contributed by atoms with Gasteiger partial charge < -0.3 is 19.6 Å². The van der Waals surface area contributed by atoms with E-state index in [1.165, 1.54) is 29.0 Å². The van der Waals surface area contributed by atoms with Crippen LogP contribution in [0.3, 0.4) is 0 Å². The molecule has 1 aliphatic heterocycles. The first-order valence-corrected chi connectivity index (χ1v) is 6.34. The summed E-state index contributed by atoms with van der Waals surface area (Å²) in [5.74, 6) is -1.08. The molecule has 1 unspecified atom stereocenters. The van der Waals surface area contributed by atoms with E-state index in [2.05, 4.69) is 4.74 Å². The molecule has 2 rings (SSSR count). The lowest BCUT2D eigenvalue weighted by molar-refractivity contribution is -0.150. The van der Waals surface area contributed by atoms with E-state index in [1.54, 1.807) is 19.2 Å². The molecule has 1 saturated heterocycles. The molecule has 0 bridgehead atoms. The first kappa shape index (κ1) is 15.0. The van der Waals surface area contributed by atoms with Gasteiger partial charge in [0.2, 0.25) is 11.8 Å². The van der Waals surface area contributed by atoms with Crippen LogP contribution < -0.4 is 4.90 Å². The number of aliphatic hydroxyl groups is 1. The Morgan fingerprint density at radius 3 is 2.38 bits per heavy atom. The maximum absolute atomic E-state index is 11.9. The predicted octanol–water partition coefficient (Wildman–Crippen LogP) is -0.302. The van der Waals surface area contributed by atoms with Crippen LogP contribution in [-0.4, -0.2) is 55.0 Å². The monoisotopic (exact) mass is 292 g/mol. The smallest absolute Gasteiger partial charge is 0.339 e. The summed E-state index contributed by atoms with van der Waals surface area (Å²) in [5.41, 5.74) is 0.903. The van der Waals surface area contributed by atoms with Crippen molar-refractivity contribution in [2.45, 2.75) is 6.10 Å². The van der Waals surface area contributed by atoms with E-state index >= 15 is 0 Å². The van der Waals surface area contributed by atoms with Crippen LogP contribution >= 0.6 is 0 Å². The molecule has 0 saturated carbocycles. The molecule has 21 heavy (non-hydrogen) atoms. The minimum absolute atomic E-state index is 0.0196. The lowest BCUT2D eigenvalue weighted by Gasteiger charge is -2.31. The number of piperazine rings is 1. The van der Waals surface area contributed by atoms with Crippen LogP contribution in [0.15, 0.2) is 24.3 Å². The fourth-order valence-corrected chi connectivity index (χ4v) is 2.04. The first-order valence-electron chi connectivity index (χ1n) is 6.34. The zero-order chi connectivity index (χ0) is 15.6. The standard InChI is InChI=1S/C14H16N2O5/c1-15-7-12(18)16(8-11(15)17)10-5-3-9(4-6-10)13(19)14(20)21-2/h3-6,13,19H,7-8H2,1-2H3. The SMILES string of the molecule is COC(=O)C(O)c1ccc(N2CC(=O)N(C)CC2=O)cc1. The average molecular weight is 292 g/mol. The Morgan fingerprint density at radius 1 is 1.19 bits per heavy atom. The number of anilines is 1. The highest BCUT2D eigenvalue weighted by Crippen LogP contribution is 2.21. The van der Waals surface area contributed by atoms with E-state index in [-0.39, 0.29) is 24.9 Å². The number of hydrogen-bond acceptors (Lipinski definition) is 5. The highest BCUT2D eigenvalue weighted by Gasteiger charge is 2.28. The molecule has 1 heterocycles. The number of aliphatic hydroxyl groups excluding tert-OH is 1. The number of carbonyl (C=O) groups is 3. The summed E-state index contributed by atoms with van der Waals surface area (Å²) >= 11 is 0. The number of likely N-dealkylation sites (N-methyl/N-ethyl adjacent to an activating group) is 1. The van der Waals surface area contributed by atoms with Crippen LogP contribution in [0.25, 0.3) is 0 Å². The molecule has 1 aromatic carbocycles. The Morgan fingerprint density at radius 2 is 1.81 bits per heavy atom. The number of rotatable bonds is 3. The van der Waals surface area contributed by atoms with E-state index in [4.69, 9.17) is 0 Å². The Labute approximate surface area is 121 Å². The Hall–Kier alpha value is -2.41. The number of carbonyl (C=O) groups excluding carboxylic acids is 3. The van der Waals surface area contributed by atoms with Gasteiger partial charge in [0.1, 0.15) is 6.54 Å². The maximum atomic E-state index is 11.9. The van der Waals surface area contributed by atoms with Gasteiger partial charge in [0.15, 0.2) is 6.10 Å². The molecular formula is C14H16N2O5. The van der Waals surface area contributed by atoms with E-state index < -0.39 is 12.1 Å². The van der Waals surface area contributed by atoms with Crippen molar-refractivity contribution in [2.24, 2.45) is 0 Å². The van der Waals surface area contributed by atoms with Gasteiger partial charge in [0.05, 0.1) is 13.7 Å². The van der Waals surface area contributed by atoms with Crippen LogP contribution in [0.4, 0.5) is 5.69 Å². The van der Waals surface area contributed by atoms with Gasteiger partial charge in [-0.15, -0.1) is 0 Å². The molecule has 2 amide bonds. The minimum Gasteiger partial charge on any atom is -0.467 e. The molecular weight excluding hydrogens is 276 g/mol. The highest BCUT2D eigenvalue weighted by molar-refractivity contribution is 6.04. The molecule has 112 valence electrons. The third-order valence-corrected chi connectivity index (χ3v) is 3.34. The van der Waals surface area contributed by atoms with Crippen LogP contribution in [0.5, 0.6) is 0 Å². The van der Waals surface area contributed by atoms with E-state index in [9.17, 15) is 19.5 Å². The van der Waals surface area contributed by atoms with Crippen molar-refractivity contribution in [3.05, 3.63) is 29.8 Å². The fourth-order valence-electron chi connectivity index (χ4n) is 2.04. The summed E-state index contributed by atoms with van der Waals surface area (Å²) in [6.07, 6.45) is -1.37. The molecule has 1 fully saturated rings. The number of benzene rings is 1. The molecule has 1 atom stereocenters. The van der Waals surface area contributed by atoms with Crippen molar-refractivity contribution >= 4 is 23.5 Å². The summed E-state index contributed by atoms with van der Waals surface area (Å²) in [5, 5.41) is 9.70. The number of ether oxygens (including phenoxy) is 1. The zero-order valence-corrected chi connectivity index (χ0v) is 11.8. The van der Waals surface area contributed by atoms with Gasteiger partial charge in [0, 0.05) is 12.7 Å². The highest BCUT2D eigenvalue weighted by atomic mass is 16.5. The normalized spacial score (nSPS) is 16.9. The molecule has 1 N–H and O–H groups in total. The lowest BCUT2D eigenvalue weighted by atomic mass is 10.1. The Bertz CT molecular complexity index is 569. The van der Waals surface area contributed by atoms with Crippen LogP contribution in [0, 0.1) is 0 Å². The summed E-state index contributed by atoms with van der Waals surface area (Å²) in [7, 11) is 2.77.